The van der Waals surface area contributed by atoms with Crippen LogP contribution in [0, 0.1) is 5.82 Å². The highest BCUT2D eigenvalue weighted by Crippen LogP contribution is 2.45. The van der Waals surface area contributed by atoms with Crippen molar-refractivity contribution in [3.05, 3.63) is 35.8 Å². The van der Waals surface area contributed by atoms with Crippen LogP contribution in [0.2, 0.25) is 0 Å². The Kier molecular flexibility index (Phi) is 2.54. The molecule has 1 aliphatic rings. The van der Waals surface area contributed by atoms with Crippen molar-refractivity contribution >= 4 is 26.9 Å². The number of benzene rings is 1. The molecule has 2 atom stereocenters. The maximum absolute atomic E-state index is 13.6. The predicted octanol–water partition coefficient (Wildman–Crippen LogP) is 4.78. The minimum atomic E-state index is -0.272. The van der Waals surface area contributed by atoms with Crippen LogP contribution in [0.4, 0.5) is 4.39 Å². The first-order valence-electron chi connectivity index (χ1n) is 5.91. The van der Waals surface area contributed by atoms with Crippen molar-refractivity contribution in [2.75, 3.05) is 0 Å². The van der Waals surface area contributed by atoms with Gasteiger partial charge in [-0.2, -0.15) is 0 Å². The lowest BCUT2D eigenvalue weighted by Crippen LogP contribution is -2.16. The van der Waals surface area contributed by atoms with Gasteiger partial charge in [-0.25, -0.2) is 4.39 Å². The lowest BCUT2D eigenvalue weighted by atomic mass is 9.86. The number of alkyl halides is 1. The van der Waals surface area contributed by atoms with E-state index in [1.54, 1.807) is 6.07 Å². The summed E-state index contributed by atoms with van der Waals surface area (Å²) in [5.74, 6) is 0.644. The van der Waals surface area contributed by atoms with Crippen molar-refractivity contribution in [2.45, 2.75) is 36.4 Å². The van der Waals surface area contributed by atoms with E-state index >= 15 is 0 Å². The summed E-state index contributed by atoms with van der Waals surface area (Å²) in [7, 11) is 0. The summed E-state index contributed by atoms with van der Waals surface area (Å²) >= 11 is 3.65. The summed E-state index contributed by atoms with van der Waals surface area (Å²) < 4.78 is 19.3. The molecule has 0 N–H and O–H groups in total. The Labute approximate surface area is 108 Å². The fraction of sp³-hybridized carbons (Fsp3) is 0.429. The quantitative estimate of drug-likeness (QED) is 0.691. The Morgan fingerprint density at radius 2 is 2.29 bits per heavy atom. The molecule has 1 aromatic heterocycles. The Morgan fingerprint density at radius 3 is 2.94 bits per heavy atom. The van der Waals surface area contributed by atoms with Gasteiger partial charge in [0.25, 0.3) is 0 Å². The minimum Gasteiger partial charge on any atom is -0.457 e. The Balaban J connectivity index is 2.10. The van der Waals surface area contributed by atoms with Crippen LogP contribution < -0.4 is 0 Å². The molecule has 3 heteroatoms. The SMILES string of the molecule is CC1(c2cc3cccc(F)c3o2)CCC(Br)C1. The Bertz CT molecular complexity index is 562. The molecule has 17 heavy (non-hydrogen) atoms. The zero-order valence-corrected chi connectivity index (χ0v) is 11.3. The highest BCUT2D eigenvalue weighted by Gasteiger charge is 2.38. The summed E-state index contributed by atoms with van der Waals surface area (Å²) in [4.78, 5) is 0.547. The topological polar surface area (TPSA) is 13.1 Å². The van der Waals surface area contributed by atoms with Gasteiger partial charge in [0.15, 0.2) is 11.4 Å². The molecule has 1 fully saturated rings. The van der Waals surface area contributed by atoms with Crippen molar-refractivity contribution < 1.29 is 8.81 Å². The fourth-order valence-electron chi connectivity index (χ4n) is 2.72. The van der Waals surface area contributed by atoms with Crippen LogP contribution in [-0.4, -0.2) is 4.83 Å². The number of fused-ring (bicyclic) bond motifs is 1. The van der Waals surface area contributed by atoms with Gasteiger partial charge in [-0.3, -0.25) is 0 Å². The van der Waals surface area contributed by atoms with Gasteiger partial charge >= 0.3 is 0 Å². The summed E-state index contributed by atoms with van der Waals surface area (Å²) in [6, 6.07) is 7.06. The smallest absolute Gasteiger partial charge is 0.169 e. The summed E-state index contributed by atoms with van der Waals surface area (Å²) in [6.07, 6.45) is 3.29. The second-order valence-corrected chi connectivity index (χ2v) is 6.46. The summed E-state index contributed by atoms with van der Waals surface area (Å²) in [6.45, 7) is 2.20. The number of rotatable bonds is 1. The minimum absolute atomic E-state index is 0.0413. The van der Waals surface area contributed by atoms with Crippen LogP contribution in [0.1, 0.15) is 31.9 Å². The molecule has 1 nitrogen and oxygen atoms in total. The second kappa shape index (κ2) is 3.84. The molecular weight excluding hydrogens is 283 g/mol. The lowest BCUT2D eigenvalue weighted by Gasteiger charge is -2.20. The van der Waals surface area contributed by atoms with Crippen LogP contribution in [0.3, 0.4) is 0 Å². The first kappa shape index (κ1) is 11.3. The molecule has 1 saturated carbocycles. The van der Waals surface area contributed by atoms with E-state index in [1.165, 1.54) is 6.07 Å². The molecule has 0 aliphatic heterocycles. The normalized spacial score (nSPS) is 29.0. The van der Waals surface area contributed by atoms with Crippen molar-refractivity contribution in [2.24, 2.45) is 0 Å². The molecule has 0 saturated heterocycles. The third-order valence-corrected chi connectivity index (χ3v) is 4.55. The molecule has 0 radical (unpaired) electrons. The van der Waals surface area contributed by atoms with Crippen LogP contribution in [-0.2, 0) is 5.41 Å². The second-order valence-electron chi connectivity index (χ2n) is 5.17. The molecule has 2 unspecified atom stereocenters. The zero-order valence-electron chi connectivity index (χ0n) is 9.67. The van der Waals surface area contributed by atoms with Gasteiger partial charge in [0.05, 0.1) is 0 Å². The standard InChI is InChI=1S/C14H14BrFO/c1-14(6-5-10(15)8-14)12-7-9-3-2-4-11(16)13(9)17-12/h2-4,7,10H,5-6,8H2,1H3. The fourth-order valence-corrected chi connectivity index (χ4v) is 3.66. The Morgan fingerprint density at radius 1 is 1.47 bits per heavy atom. The predicted molar refractivity (Wildman–Crippen MR) is 70.1 cm³/mol. The first-order valence-corrected chi connectivity index (χ1v) is 6.83. The maximum atomic E-state index is 13.6. The molecule has 1 aromatic carbocycles. The van der Waals surface area contributed by atoms with Gasteiger partial charge in [0, 0.05) is 15.6 Å². The molecule has 2 aromatic rings. The van der Waals surface area contributed by atoms with E-state index in [4.69, 9.17) is 4.42 Å². The highest BCUT2D eigenvalue weighted by molar-refractivity contribution is 9.09. The van der Waals surface area contributed by atoms with E-state index in [0.29, 0.717) is 10.4 Å². The van der Waals surface area contributed by atoms with Crippen molar-refractivity contribution in [1.29, 1.82) is 0 Å². The molecule has 1 aliphatic carbocycles. The van der Waals surface area contributed by atoms with E-state index in [9.17, 15) is 4.39 Å². The Hall–Kier alpha value is -0.830. The molecule has 90 valence electrons. The average Bonchev–Trinajstić information content (AvgIpc) is 2.85. The number of para-hydroxylation sites is 1. The van der Waals surface area contributed by atoms with Crippen LogP contribution in [0.15, 0.2) is 28.7 Å². The number of hydrogen-bond acceptors (Lipinski definition) is 1. The molecule has 0 spiro atoms. The first-order chi connectivity index (χ1) is 8.08. The van der Waals surface area contributed by atoms with E-state index in [2.05, 4.69) is 22.9 Å². The zero-order chi connectivity index (χ0) is 12.0. The highest BCUT2D eigenvalue weighted by atomic mass is 79.9. The largest absolute Gasteiger partial charge is 0.457 e. The molecule has 1 heterocycles. The van der Waals surface area contributed by atoms with Gasteiger partial charge in [-0.05, 0) is 31.4 Å². The number of halogens is 2. The molecular formula is C14H14BrFO. The van der Waals surface area contributed by atoms with Gasteiger partial charge in [-0.1, -0.05) is 35.0 Å². The van der Waals surface area contributed by atoms with Crippen LogP contribution >= 0.6 is 15.9 Å². The molecule has 0 bridgehead atoms. The monoisotopic (exact) mass is 296 g/mol. The van der Waals surface area contributed by atoms with E-state index in [0.717, 1.165) is 30.4 Å². The number of hydrogen-bond donors (Lipinski definition) is 0. The van der Waals surface area contributed by atoms with Crippen LogP contribution in [0.25, 0.3) is 11.0 Å². The van der Waals surface area contributed by atoms with E-state index in [1.807, 2.05) is 12.1 Å². The van der Waals surface area contributed by atoms with Gasteiger partial charge in [-0.15, -0.1) is 0 Å². The maximum Gasteiger partial charge on any atom is 0.169 e. The van der Waals surface area contributed by atoms with Crippen molar-refractivity contribution in [3.8, 4) is 0 Å². The number of furan rings is 1. The lowest BCUT2D eigenvalue weighted by molar-refractivity contribution is 0.377. The summed E-state index contributed by atoms with van der Waals surface area (Å²) in [5.41, 5.74) is 0.432. The molecule has 0 amide bonds. The molecule has 3 rings (SSSR count). The summed E-state index contributed by atoms with van der Waals surface area (Å²) in [5, 5.41) is 0.860. The van der Waals surface area contributed by atoms with Crippen molar-refractivity contribution in [3.63, 3.8) is 0 Å². The van der Waals surface area contributed by atoms with Crippen molar-refractivity contribution in [1.82, 2.24) is 0 Å². The van der Waals surface area contributed by atoms with E-state index in [-0.39, 0.29) is 11.2 Å². The third-order valence-electron chi connectivity index (χ3n) is 3.77. The average molecular weight is 297 g/mol. The van der Waals surface area contributed by atoms with Gasteiger partial charge in [0.1, 0.15) is 5.76 Å². The van der Waals surface area contributed by atoms with Gasteiger partial charge in [0.2, 0.25) is 0 Å². The van der Waals surface area contributed by atoms with Gasteiger partial charge < -0.3 is 4.42 Å². The van der Waals surface area contributed by atoms with E-state index < -0.39 is 0 Å². The third kappa shape index (κ3) is 1.81. The van der Waals surface area contributed by atoms with Crippen LogP contribution in [0.5, 0.6) is 0 Å².